The topological polar surface area (TPSA) is 34.1 Å². The lowest BCUT2D eigenvalue weighted by molar-refractivity contribution is -0.119. The van der Waals surface area contributed by atoms with Crippen molar-refractivity contribution in [3.8, 4) is 11.1 Å². The van der Waals surface area contributed by atoms with Gasteiger partial charge in [0.1, 0.15) is 11.6 Å². The van der Waals surface area contributed by atoms with Gasteiger partial charge in [-0.1, -0.05) is 55.5 Å². The van der Waals surface area contributed by atoms with Gasteiger partial charge in [-0.2, -0.15) is 0 Å². The van der Waals surface area contributed by atoms with Gasteiger partial charge in [-0.05, 0) is 29.2 Å². The molecule has 0 N–H and O–H groups in total. The smallest absolute Gasteiger partial charge is 0.134 e. The molecule has 2 nitrogen and oxygen atoms in total. The van der Waals surface area contributed by atoms with Gasteiger partial charge in [0, 0.05) is 30.1 Å². The first-order valence-corrected chi connectivity index (χ1v) is 8.18. The van der Waals surface area contributed by atoms with E-state index >= 15 is 0 Å². The SMILES string of the molecule is CC(=O)C[C@@]12CC(=O)C[C@]1(C)c1ccccc1-c1ccccc12. The Morgan fingerprint density at radius 1 is 0.957 bits per heavy atom. The van der Waals surface area contributed by atoms with Gasteiger partial charge in [0.2, 0.25) is 0 Å². The van der Waals surface area contributed by atoms with E-state index < -0.39 is 5.41 Å². The highest BCUT2D eigenvalue weighted by Gasteiger charge is 2.60. The maximum atomic E-state index is 12.5. The highest BCUT2D eigenvalue weighted by Crippen LogP contribution is 2.62. The van der Waals surface area contributed by atoms with Crippen LogP contribution in [0.2, 0.25) is 0 Å². The van der Waals surface area contributed by atoms with Crippen LogP contribution in [-0.4, -0.2) is 11.6 Å². The van der Waals surface area contributed by atoms with E-state index in [-0.39, 0.29) is 17.0 Å². The number of benzene rings is 2. The van der Waals surface area contributed by atoms with Crippen LogP contribution in [0.25, 0.3) is 11.1 Å². The summed E-state index contributed by atoms with van der Waals surface area (Å²) in [6.07, 6.45) is 1.42. The van der Waals surface area contributed by atoms with E-state index in [2.05, 4.69) is 31.2 Å². The largest absolute Gasteiger partial charge is 0.300 e. The van der Waals surface area contributed by atoms with E-state index in [4.69, 9.17) is 0 Å². The molecular weight excluding hydrogens is 284 g/mol. The zero-order chi connectivity index (χ0) is 16.2. The highest BCUT2D eigenvalue weighted by molar-refractivity contribution is 5.93. The van der Waals surface area contributed by atoms with Gasteiger partial charge in [0.25, 0.3) is 0 Å². The summed E-state index contributed by atoms with van der Waals surface area (Å²) in [5.74, 6) is 0.417. The molecule has 0 bridgehead atoms. The molecule has 0 saturated heterocycles. The summed E-state index contributed by atoms with van der Waals surface area (Å²) in [6, 6.07) is 16.7. The monoisotopic (exact) mass is 304 g/mol. The van der Waals surface area contributed by atoms with E-state index in [0.717, 1.165) is 0 Å². The third kappa shape index (κ3) is 1.75. The number of hydrogen-bond acceptors (Lipinski definition) is 2. The van der Waals surface area contributed by atoms with Crippen LogP contribution in [0, 0.1) is 0 Å². The first-order valence-electron chi connectivity index (χ1n) is 8.18. The molecule has 4 rings (SSSR count). The molecule has 0 unspecified atom stereocenters. The van der Waals surface area contributed by atoms with Crippen LogP contribution in [0.5, 0.6) is 0 Å². The average Bonchev–Trinajstić information content (AvgIpc) is 2.79. The van der Waals surface area contributed by atoms with E-state index in [1.54, 1.807) is 6.92 Å². The molecule has 0 amide bonds. The van der Waals surface area contributed by atoms with Gasteiger partial charge in [-0.25, -0.2) is 0 Å². The lowest BCUT2D eigenvalue weighted by atomic mass is 9.53. The number of ketones is 2. The van der Waals surface area contributed by atoms with Crippen molar-refractivity contribution in [2.24, 2.45) is 0 Å². The molecule has 2 aliphatic rings. The van der Waals surface area contributed by atoms with Crippen LogP contribution in [-0.2, 0) is 20.4 Å². The second-order valence-electron chi connectivity index (χ2n) is 7.28. The number of carbonyl (C=O) groups excluding carboxylic acids is 2. The molecule has 2 aromatic carbocycles. The van der Waals surface area contributed by atoms with Crippen LogP contribution < -0.4 is 0 Å². The van der Waals surface area contributed by atoms with Crippen molar-refractivity contribution in [3.05, 3.63) is 59.7 Å². The molecular formula is C21H20O2. The quantitative estimate of drug-likeness (QED) is 0.833. The van der Waals surface area contributed by atoms with Crippen LogP contribution in [0.15, 0.2) is 48.5 Å². The van der Waals surface area contributed by atoms with E-state index in [1.165, 1.54) is 22.3 Å². The Labute approximate surface area is 136 Å². The van der Waals surface area contributed by atoms with Gasteiger partial charge in [-0.15, -0.1) is 0 Å². The van der Waals surface area contributed by atoms with Crippen LogP contribution >= 0.6 is 0 Å². The summed E-state index contributed by atoms with van der Waals surface area (Å²) in [4.78, 5) is 24.6. The molecule has 1 saturated carbocycles. The standard InChI is InChI=1S/C21H20O2/c1-14(22)11-21-13-15(23)12-20(21,2)18-9-5-3-7-16(18)17-8-4-6-10-19(17)21/h3-10H,11-13H2,1-2H3/t20-,21+/m1/s1. The molecule has 2 heteroatoms. The molecule has 0 heterocycles. The average molecular weight is 304 g/mol. The number of carbonyl (C=O) groups is 2. The summed E-state index contributed by atoms with van der Waals surface area (Å²) >= 11 is 0. The summed E-state index contributed by atoms with van der Waals surface area (Å²) in [6.45, 7) is 3.82. The Kier molecular flexibility index (Phi) is 2.90. The molecule has 0 aromatic heterocycles. The summed E-state index contributed by atoms with van der Waals surface area (Å²) < 4.78 is 0. The van der Waals surface area contributed by atoms with Gasteiger partial charge in [-0.3, -0.25) is 9.59 Å². The Morgan fingerprint density at radius 2 is 1.52 bits per heavy atom. The normalized spacial score (nSPS) is 28.0. The minimum atomic E-state index is -0.402. The fraction of sp³-hybridized carbons (Fsp3) is 0.333. The Balaban J connectivity index is 2.11. The number of fused-ring (bicyclic) bond motifs is 6. The summed E-state index contributed by atoms with van der Waals surface area (Å²) in [5.41, 5.74) is 4.06. The third-order valence-corrected chi connectivity index (χ3v) is 5.91. The van der Waals surface area contributed by atoms with Crippen molar-refractivity contribution in [3.63, 3.8) is 0 Å². The minimum Gasteiger partial charge on any atom is -0.300 e. The molecule has 1 fully saturated rings. The third-order valence-electron chi connectivity index (χ3n) is 5.91. The number of Topliss-reactive ketones (excluding diaryl/α,β-unsaturated/α-hetero) is 2. The van der Waals surface area contributed by atoms with Crippen LogP contribution in [0.4, 0.5) is 0 Å². The Morgan fingerprint density at radius 3 is 2.17 bits per heavy atom. The summed E-state index contributed by atoms with van der Waals surface area (Å²) in [7, 11) is 0. The number of hydrogen-bond donors (Lipinski definition) is 0. The van der Waals surface area contributed by atoms with Crippen LogP contribution in [0.3, 0.4) is 0 Å². The second-order valence-corrected chi connectivity index (χ2v) is 7.28. The molecule has 2 aromatic rings. The first-order chi connectivity index (χ1) is 11.0. The lowest BCUT2D eigenvalue weighted by Gasteiger charge is -2.49. The van der Waals surface area contributed by atoms with Crippen molar-refractivity contribution in [2.45, 2.75) is 43.9 Å². The molecule has 0 spiro atoms. The van der Waals surface area contributed by atoms with E-state index in [9.17, 15) is 9.59 Å². The zero-order valence-electron chi connectivity index (χ0n) is 13.6. The van der Waals surface area contributed by atoms with E-state index in [1.807, 2.05) is 24.3 Å². The van der Waals surface area contributed by atoms with Gasteiger partial charge in [0.15, 0.2) is 0 Å². The molecule has 23 heavy (non-hydrogen) atoms. The van der Waals surface area contributed by atoms with Crippen molar-refractivity contribution in [1.82, 2.24) is 0 Å². The van der Waals surface area contributed by atoms with E-state index in [0.29, 0.717) is 19.3 Å². The summed E-state index contributed by atoms with van der Waals surface area (Å²) in [5, 5.41) is 0. The fourth-order valence-corrected chi connectivity index (χ4v) is 5.02. The van der Waals surface area contributed by atoms with Crippen molar-refractivity contribution in [2.75, 3.05) is 0 Å². The molecule has 0 aliphatic heterocycles. The highest BCUT2D eigenvalue weighted by atomic mass is 16.1. The predicted molar refractivity (Wildman–Crippen MR) is 90.4 cm³/mol. The maximum Gasteiger partial charge on any atom is 0.134 e. The Bertz CT molecular complexity index is 835. The van der Waals surface area contributed by atoms with Crippen molar-refractivity contribution in [1.29, 1.82) is 0 Å². The lowest BCUT2D eigenvalue weighted by Crippen LogP contribution is -2.47. The number of rotatable bonds is 2. The molecule has 116 valence electrons. The molecule has 0 radical (unpaired) electrons. The van der Waals surface area contributed by atoms with Crippen LogP contribution in [0.1, 0.15) is 44.2 Å². The predicted octanol–water partition coefficient (Wildman–Crippen LogP) is 4.20. The van der Waals surface area contributed by atoms with Gasteiger partial charge < -0.3 is 0 Å². The Hall–Kier alpha value is -2.22. The van der Waals surface area contributed by atoms with Gasteiger partial charge in [0.05, 0.1) is 0 Å². The maximum absolute atomic E-state index is 12.5. The van der Waals surface area contributed by atoms with Crippen molar-refractivity contribution < 1.29 is 9.59 Å². The first kappa shape index (κ1) is 14.4. The van der Waals surface area contributed by atoms with Gasteiger partial charge >= 0.3 is 0 Å². The minimum absolute atomic E-state index is 0.153. The fourth-order valence-electron chi connectivity index (χ4n) is 5.02. The zero-order valence-corrected chi connectivity index (χ0v) is 13.6. The second kappa shape index (κ2) is 4.64. The van der Waals surface area contributed by atoms with Crippen molar-refractivity contribution >= 4 is 11.6 Å². The molecule has 2 aliphatic carbocycles. The molecule has 2 atom stereocenters.